The summed E-state index contributed by atoms with van der Waals surface area (Å²) in [6.07, 6.45) is -3.44. The van der Waals surface area contributed by atoms with Gasteiger partial charge in [-0.3, -0.25) is 14.0 Å². The minimum atomic E-state index is -4.65. The molecule has 170 valence electrons. The van der Waals surface area contributed by atoms with Gasteiger partial charge in [-0.2, -0.15) is 13.2 Å². The van der Waals surface area contributed by atoms with E-state index in [9.17, 15) is 22.8 Å². The van der Waals surface area contributed by atoms with E-state index in [1.807, 2.05) is 25.1 Å². The van der Waals surface area contributed by atoms with E-state index in [0.717, 1.165) is 21.1 Å². The Labute approximate surface area is 182 Å². The van der Waals surface area contributed by atoms with Crippen molar-refractivity contribution in [3.8, 4) is 0 Å². The van der Waals surface area contributed by atoms with E-state index in [0.29, 0.717) is 5.56 Å². The number of benzene rings is 1. The molecule has 0 spiro atoms. The lowest BCUT2D eigenvalue weighted by Gasteiger charge is -2.19. The fourth-order valence-corrected chi connectivity index (χ4v) is 3.37. The van der Waals surface area contributed by atoms with Crippen LogP contribution in [0, 0.1) is 6.92 Å². The van der Waals surface area contributed by atoms with Crippen molar-refractivity contribution in [2.75, 3.05) is 6.61 Å². The SMILES string of the molecule is CCOC(=O)CC(c1ccc(C)c(COC(C)=O)c1)c1ccn2c(C(F)(F)F)nnc2c1. The van der Waals surface area contributed by atoms with Crippen molar-refractivity contribution in [1.82, 2.24) is 14.6 Å². The van der Waals surface area contributed by atoms with Gasteiger partial charge in [0.25, 0.3) is 0 Å². The van der Waals surface area contributed by atoms with Crippen LogP contribution in [0.2, 0.25) is 0 Å². The molecule has 2 heterocycles. The smallest absolute Gasteiger partial charge is 0.452 e. The number of ether oxygens (including phenoxy) is 2. The summed E-state index contributed by atoms with van der Waals surface area (Å²) in [4.78, 5) is 23.5. The number of hydrogen-bond acceptors (Lipinski definition) is 6. The average Bonchev–Trinajstić information content (AvgIpc) is 3.15. The number of aryl methyl sites for hydroxylation is 1. The second kappa shape index (κ2) is 9.37. The van der Waals surface area contributed by atoms with Gasteiger partial charge in [0.2, 0.25) is 5.82 Å². The van der Waals surface area contributed by atoms with Gasteiger partial charge < -0.3 is 9.47 Å². The molecule has 32 heavy (non-hydrogen) atoms. The highest BCUT2D eigenvalue weighted by atomic mass is 19.4. The van der Waals surface area contributed by atoms with Gasteiger partial charge in [-0.25, -0.2) is 0 Å². The van der Waals surface area contributed by atoms with E-state index < -0.39 is 29.9 Å². The van der Waals surface area contributed by atoms with Crippen LogP contribution < -0.4 is 0 Å². The van der Waals surface area contributed by atoms with E-state index in [-0.39, 0.29) is 25.3 Å². The topological polar surface area (TPSA) is 82.8 Å². The van der Waals surface area contributed by atoms with Gasteiger partial charge in [0.1, 0.15) is 6.61 Å². The first-order valence-corrected chi connectivity index (χ1v) is 9.90. The second-order valence-corrected chi connectivity index (χ2v) is 7.24. The molecule has 1 aromatic carbocycles. The number of esters is 2. The number of carbonyl (C=O) groups excluding carboxylic acids is 2. The minimum absolute atomic E-state index is 0.0101. The molecule has 10 heteroatoms. The Kier molecular flexibility index (Phi) is 6.81. The molecule has 0 saturated heterocycles. The molecule has 0 saturated carbocycles. The Morgan fingerprint density at radius 3 is 2.47 bits per heavy atom. The summed E-state index contributed by atoms with van der Waals surface area (Å²) in [5, 5.41) is 6.88. The standard InChI is InChI=1S/C22H22F3N3O4/c1-4-31-20(30)11-18(15-6-5-13(2)17(9-15)12-32-14(3)29)16-7-8-28-19(10-16)26-27-21(28)22(23,24)25/h5-10,18H,4,11-12H2,1-3H3. The molecule has 3 aromatic rings. The van der Waals surface area contributed by atoms with Crippen molar-refractivity contribution in [3.63, 3.8) is 0 Å². The molecule has 1 unspecified atom stereocenters. The highest BCUT2D eigenvalue weighted by Gasteiger charge is 2.37. The number of pyridine rings is 1. The fraction of sp³-hybridized carbons (Fsp3) is 0.364. The van der Waals surface area contributed by atoms with Gasteiger partial charge in [-0.1, -0.05) is 18.2 Å². The molecule has 0 N–H and O–H groups in total. The van der Waals surface area contributed by atoms with Crippen LogP contribution >= 0.6 is 0 Å². The lowest BCUT2D eigenvalue weighted by molar-refractivity contribution is -0.146. The fourth-order valence-electron chi connectivity index (χ4n) is 3.37. The van der Waals surface area contributed by atoms with Crippen LogP contribution in [-0.4, -0.2) is 33.1 Å². The first kappa shape index (κ1) is 23.2. The molecular weight excluding hydrogens is 427 g/mol. The summed E-state index contributed by atoms with van der Waals surface area (Å²) in [7, 11) is 0. The van der Waals surface area contributed by atoms with Crippen molar-refractivity contribution >= 4 is 17.6 Å². The number of aromatic nitrogens is 3. The molecule has 0 fully saturated rings. The number of carbonyl (C=O) groups is 2. The number of hydrogen-bond donors (Lipinski definition) is 0. The Bertz CT molecular complexity index is 1140. The third-order valence-corrected chi connectivity index (χ3v) is 4.97. The molecule has 0 bridgehead atoms. The van der Waals surface area contributed by atoms with Gasteiger partial charge in [0.15, 0.2) is 5.65 Å². The molecule has 0 aliphatic carbocycles. The highest BCUT2D eigenvalue weighted by Crippen LogP contribution is 2.33. The Balaban J connectivity index is 2.04. The lowest BCUT2D eigenvalue weighted by Crippen LogP contribution is -2.13. The maximum atomic E-state index is 13.1. The minimum Gasteiger partial charge on any atom is -0.466 e. The summed E-state index contributed by atoms with van der Waals surface area (Å²) in [6, 6.07) is 8.45. The van der Waals surface area contributed by atoms with Crippen molar-refractivity contribution < 1.29 is 32.2 Å². The number of rotatable bonds is 7. The van der Waals surface area contributed by atoms with Crippen LogP contribution in [0.3, 0.4) is 0 Å². The van der Waals surface area contributed by atoms with Crippen LogP contribution in [0.5, 0.6) is 0 Å². The Morgan fingerprint density at radius 1 is 1.09 bits per heavy atom. The van der Waals surface area contributed by atoms with Gasteiger partial charge >= 0.3 is 18.1 Å². The molecule has 1 atom stereocenters. The van der Waals surface area contributed by atoms with E-state index in [4.69, 9.17) is 9.47 Å². The van der Waals surface area contributed by atoms with Gasteiger partial charge in [-0.05, 0) is 48.2 Å². The quantitative estimate of drug-likeness (QED) is 0.503. The van der Waals surface area contributed by atoms with Crippen LogP contribution in [0.15, 0.2) is 36.5 Å². The molecular formula is C22H22F3N3O4. The van der Waals surface area contributed by atoms with Crippen molar-refractivity contribution in [2.24, 2.45) is 0 Å². The van der Waals surface area contributed by atoms with Crippen molar-refractivity contribution in [2.45, 2.75) is 45.9 Å². The lowest BCUT2D eigenvalue weighted by atomic mass is 9.87. The third-order valence-electron chi connectivity index (χ3n) is 4.97. The van der Waals surface area contributed by atoms with E-state index in [1.165, 1.54) is 25.3 Å². The summed E-state index contributed by atoms with van der Waals surface area (Å²) in [5.41, 5.74) is 2.97. The van der Waals surface area contributed by atoms with Crippen LogP contribution in [0.25, 0.3) is 5.65 Å². The maximum absolute atomic E-state index is 13.1. The first-order chi connectivity index (χ1) is 15.1. The first-order valence-electron chi connectivity index (χ1n) is 9.90. The average molecular weight is 449 g/mol. The number of nitrogens with zero attached hydrogens (tertiary/aromatic N) is 3. The second-order valence-electron chi connectivity index (χ2n) is 7.24. The largest absolute Gasteiger partial charge is 0.466 e. The summed E-state index contributed by atoms with van der Waals surface area (Å²) in [6.45, 7) is 5.14. The zero-order valence-corrected chi connectivity index (χ0v) is 17.8. The molecule has 0 radical (unpaired) electrons. The number of halogens is 3. The number of fused-ring (bicyclic) bond motifs is 1. The summed E-state index contributed by atoms with van der Waals surface area (Å²) < 4.78 is 50.4. The zero-order valence-electron chi connectivity index (χ0n) is 17.8. The van der Waals surface area contributed by atoms with Crippen LogP contribution in [0.4, 0.5) is 13.2 Å². The highest BCUT2D eigenvalue weighted by molar-refractivity contribution is 5.71. The van der Waals surface area contributed by atoms with Gasteiger partial charge in [0.05, 0.1) is 13.0 Å². The molecule has 3 rings (SSSR count). The Hall–Kier alpha value is -3.43. The Morgan fingerprint density at radius 2 is 1.81 bits per heavy atom. The third kappa shape index (κ3) is 5.24. The summed E-state index contributed by atoms with van der Waals surface area (Å²) >= 11 is 0. The van der Waals surface area contributed by atoms with E-state index in [1.54, 1.807) is 6.92 Å². The van der Waals surface area contributed by atoms with Crippen molar-refractivity contribution in [1.29, 1.82) is 0 Å². The van der Waals surface area contributed by atoms with Crippen molar-refractivity contribution in [3.05, 3.63) is 64.6 Å². The van der Waals surface area contributed by atoms with Gasteiger partial charge in [0, 0.05) is 19.0 Å². The molecule has 7 nitrogen and oxygen atoms in total. The predicted octanol–water partition coefficient (Wildman–Crippen LogP) is 4.20. The molecule has 2 aromatic heterocycles. The van der Waals surface area contributed by atoms with Crippen LogP contribution in [-0.2, 0) is 31.8 Å². The van der Waals surface area contributed by atoms with Crippen LogP contribution in [0.1, 0.15) is 54.3 Å². The van der Waals surface area contributed by atoms with E-state index >= 15 is 0 Å². The van der Waals surface area contributed by atoms with Gasteiger partial charge in [-0.15, -0.1) is 10.2 Å². The molecule has 0 aliphatic heterocycles. The van der Waals surface area contributed by atoms with E-state index in [2.05, 4.69) is 10.2 Å². The molecule has 0 aliphatic rings. The maximum Gasteiger partial charge on any atom is 0.452 e. The predicted molar refractivity (Wildman–Crippen MR) is 108 cm³/mol. The normalized spacial score (nSPS) is 12.6. The summed E-state index contributed by atoms with van der Waals surface area (Å²) in [5.74, 6) is -2.51. The monoisotopic (exact) mass is 449 g/mol. The molecule has 0 amide bonds. The number of alkyl halides is 3. The zero-order chi connectivity index (χ0) is 23.5.